The summed E-state index contributed by atoms with van der Waals surface area (Å²) in [5, 5.41) is 9.38. The Morgan fingerprint density at radius 3 is 2.63 bits per heavy atom. The van der Waals surface area contributed by atoms with E-state index in [-0.39, 0.29) is 12.5 Å². The highest BCUT2D eigenvalue weighted by Gasteiger charge is 2.18. The van der Waals surface area contributed by atoms with Gasteiger partial charge in [0.15, 0.2) is 6.61 Å². The molecular weight excluding hydrogens is 348 g/mol. The number of morpholine rings is 1. The second kappa shape index (κ2) is 8.68. The number of anilines is 2. The van der Waals surface area contributed by atoms with Gasteiger partial charge in [-0.2, -0.15) is 5.10 Å². The lowest BCUT2D eigenvalue weighted by Crippen LogP contribution is -2.36. The zero-order chi connectivity index (χ0) is 19.2. The summed E-state index contributed by atoms with van der Waals surface area (Å²) in [6.07, 6.45) is 1.42. The minimum atomic E-state index is -0.565. The number of benzene rings is 1. The van der Waals surface area contributed by atoms with Crippen molar-refractivity contribution in [2.24, 2.45) is 0 Å². The average Bonchev–Trinajstić information content (AvgIpc) is 3.18. The number of hydrogen-bond acceptors (Lipinski definition) is 6. The molecule has 27 heavy (non-hydrogen) atoms. The molecule has 0 spiro atoms. The van der Waals surface area contributed by atoms with Crippen LogP contribution < -0.4 is 10.2 Å². The minimum absolute atomic E-state index is 0.105. The van der Waals surface area contributed by atoms with Gasteiger partial charge in [0.05, 0.1) is 25.1 Å². The van der Waals surface area contributed by atoms with Crippen molar-refractivity contribution in [1.82, 2.24) is 10.2 Å². The Labute approximate surface area is 157 Å². The number of aromatic amines is 1. The van der Waals surface area contributed by atoms with Gasteiger partial charge < -0.3 is 19.7 Å². The van der Waals surface area contributed by atoms with Crippen molar-refractivity contribution in [3.8, 4) is 0 Å². The Kier molecular flexibility index (Phi) is 6.08. The third-order valence-electron chi connectivity index (χ3n) is 4.33. The number of nitrogens with zero attached hydrogens (tertiary/aromatic N) is 2. The van der Waals surface area contributed by atoms with Crippen LogP contribution in [0.25, 0.3) is 0 Å². The molecule has 0 aliphatic carbocycles. The number of carbonyl (C=O) groups is 2. The maximum absolute atomic E-state index is 12.1. The van der Waals surface area contributed by atoms with Crippen LogP contribution >= 0.6 is 0 Å². The maximum Gasteiger partial charge on any atom is 0.342 e. The van der Waals surface area contributed by atoms with Crippen LogP contribution in [0, 0.1) is 0 Å². The predicted octanol–water partition coefficient (Wildman–Crippen LogP) is 2.17. The van der Waals surface area contributed by atoms with Crippen LogP contribution in [0.1, 0.15) is 35.8 Å². The Hall–Kier alpha value is -2.87. The molecule has 0 atom stereocenters. The van der Waals surface area contributed by atoms with E-state index >= 15 is 0 Å². The zero-order valence-corrected chi connectivity index (χ0v) is 15.5. The standard InChI is InChI=1S/C19H24N4O4/c1-13(2)18-16(11-20-22-18)19(25)27-12-17(24)21-14-3-5-15(6-4-14)23-7-9-26-10-8-23/h3-6,11,13H,7-10,12H2,1-2H3,(H,20,22)(H,21,24). The van der Waals surface area contributed by atoms with Crippen LogP contribution in [0.3, 0.4) is 0 Å². The molecule has 2 heterocycles. The molecular formula is C19H24N4O4. The van der Waals surface area contributed by atoms with Gasteiger partial charge >= 0.3 is 5.97 Å². The molecule has 0 saturated carbocycles. The molecule has 1 saturated heterocycles. The van der Waals surface area contributed by atoms with Crippen LogP contribution in [0.5, 0.6) is 0 Å². The van der Waals surface area contributed by atoms with Gasteiger partial charge in [0.25, 0.3) is 5.91 Å². The van der Waals surface area contributed by atoms with Crippen LogP contribution in [0.15, 0.2) is 30.5 Å². The van der Waals surface area contributed by atoms with Gasteiger partial charge in [0, 0.05) is 24.5 Å². The number of hydrogen-bond donors (Lipinski definition) is 2. The van der Waals surface area contributed by atoms with Crippen molar-refractivity contribution in [1.29, 1.82) is 0 Å². The average molecular weight is 372 g/mol. The van der Waals surface area contributed by atoms with E-state index in [2.05, 4.69) is 20.4 Å². The van der Waals surface area contributed by atoms with Crippen molar-refractivity contribution in [3.63, 3.8) is 0 Å². The molecule has 8 heteroatoms. The molecule has 1 amide bonds. The van der Waals surface area contributed by atoms with Gasteiger partial charge in [-0.1, -0.05) is 13.8 Å². The topological polar surface area (TPSA) is 96.6 Å². The fourth-order valence-corrected chi connectivity index (χ4v) is 2.88. The highest BCUT2D eigenvalue weighted by Crippen LogP contribution is 2.19. The van der Waals surface area contributed by atoms with E-state index in [9.17, 15) is 9.59 Å². The molecule has 1 aromatic carbocycles. The number of carbonyl (C=O) groups excluding carboxylic acids is 2. The third kappa shape index (κ3) is 4.85. The molecule has 1 aliphatic heterocycles. The predicted molar refractivity (Wildman–Crippen MR) is 101 cm³/mol. The van der Waals surface area contributed by atoms with Gasteiger partial charge in [-0.3, -0.25) is 9.89 Å². The van der Waals surface area contributed by atoms with Crippen LogP contribution in [-0.4, -0.2) is 55.0 Å². The Balaban J connectivity index is 1.50. The summed E-state index contributed by atoms with van der Waals surface area (Å²) in [4.78, 5) is 26.4. The van der Waals surface area contributed by atoms with Crippen molar-refractivity contribution in [2.45, 2.75) is 19.8 Å². The number of nitrogens with one attached hydrogen (secondary N) is 2. The van der Waals surface area contributed by atoms with Crippen molar-refractivity contribution in [2.75, 3.05) is 43.1 Å². The molecule has 144 valence electrons. The smallest absolute Gasteiger partial charge is 0.342 e. The lowest BCUT2D eigenvalue weighted by Gasteiger charge is -2.28. The van der Waals surface area contributed by atoms with Crippen molar-refractivity contribution < 1.29 is 19.1 Å². The second-order valence-electron chi connectivity index (χ2n) is 6.62. The lowest BCUT2D eigenvalue weighted by molar-refractivity contribution is -0.119. The maximum atomic E-state index is 12.1. The molecule has 0 radical (unpaired) electrons. The van der Waals surface area contributed by atoms with E-state index in [1.807, 2.05) is 38.1 Å². The van der Waals surface area contributed by atoms with E-state index in [4.69, 9.17) is 9.47 Å². The summed E-state index contributed by atoms with van der Waals surface area (Å²) in [5.41, 5.74) is 2.79. The summed E-state index contributed by atoms with van der Waals surface area (Å²) in [6.45, 7) is 6.68. The molecule has 2 N–H and O–H groups in total. The summed E-state index contributed by atoms with van der Waals surface area (Å²) in [5.74, 6) is -0.851. The zero-order valence-electron chi connectivity index (χ0n) is 15.5. The van der Waals surface area contributed by atoms with E-state index in [0.29, 0.717) is 16.9 Å². The third-order valence-corrected chi connectivity index (χ3v) is 4.33. The van der Waals surface area contributed by atoms with Crippen LogP contribution in [0.2, 0.25) is 0 Å². The summed E-state index contributed by atoms with van der Waals surface area (Å²) < 4.78 is 10.4. The molecule has 8 nitrogen and oxygen atoms in total. The quantitative estimate of drug-likeness (QED) is 0.755. The largest absolute Gasteiger partial charge is 0.452 e. The first-order valence-electron chi connectivity index (χ1n) is 8.97. The second-order valence-corrected chi connectivity index (χ2v) is 6.62. The first kappa shape index (κ1) is 18.9. The molecule has 0 unspecified atom stereocenters. The van der Waals surface area contributed by atoms with E-state index < -0.39 is 11.9 Å². The molecule has 1 fully saturated rings. The van der Waals surface area contributed by atoms with E-state index in [0.717, 1.165) is 32.0 Å². The summed E-state index contributed by atoms with van der Waals surface area (Å²) in [6, 6.07) is 7.57. The highest BCUT2D eigenvalue weighted by molar-refractivity contribution is 5.96. The van der Waals surface area contributed by atoms with Gasteiger partial charge in [-0.05, 0) is 30.2 Å². The molecule has 0 bridgehead atoms. The molecule has 2 aromatic rings. The van der Waals surface area contributed by atoms with E-state index in [1.54, 1.807) is 0 Å². The summed E-state index contributed by atoms with van der Waals surface area (Å²) in [7, 11) is 0. The number of aromatic nitrogens is 2. The number of ether oxygens (including phenoxy) is 2. The Morgan fingerprint density at radius 2 is 1.96 bits per heavy atom. The Bertz CT molecular complexity index is 779. The number of amides is 1. The first-order chi connectivity index (χ1) is 13.0. The van der Waals surface area contributed by atoms with Crippen molar-refractivity contribution in [3.05, 3.63) is 41.7 Å². The summed E-state index contributed by atoms with van der Waals surface area (Å²) >= 11 is 0. The SMILES string of the molecule is CC(C)c1[nH]ncc1C(=O)OCC(=O)Nc1ccc(N2CCOCC2)cc1. The number of esters is 1. The minimum Gasteiger partial charge on any atom is -0.452 e. The molecule has 3 rings (SSSR count). The Morgan fingerprint density at radius 1 is 1.26 bits per heavy atom. The van der Waals surface area contributed by atoms with Crippen LogP contribution in [-0.2, 0) is 14.3 Å². The molecule has 1 aliphatic rings. The fraction of sp³-hybridized carbons (Fsp3) is 0.421. The van der Waals surface area contributed by atoms with E-state index in [1.165, 1.54) is 6.20 Å². The lowest BCUT2D eigenvalue weighted by atomic mass is 10.1. The monoisotopic (exact) mass is 372 g/mol. The normalized spacial score (nSPS) is 14.3. The van der Waals surface area contributed by atoms with Crippen LogP contribution in [0.4, 0.5) is 11.4 Å². The van der Waals surface area contributed by atoms with Gasteiger partial charge in [-0.15, -0.1) is 0 Å². The number of rotatable bonds is 6. The highest BCUT2D eigenvalue weighted by atomic mass is 16.5. The number of H-pyrrole nitrogens is 1. The van der Waals surface area contributed by atoms with Gasteiger partial charge in [0.2, 0.25) is 0 Å². The fourth-order valence-electron chi connectivity index (χ4n) is 2.88. The molecule has 1 aromatic heterocycles. The first-order valence-corrected chi connectivity index (χ1v) is 8.97. The van der Waals surface area contributed by atoms with Crippen molar-refractivity contribution >= 4 is 23.3 Å². The van der Waals surface area contributed by atoms with Gasteiger partial charge in [-0.25, -0.2) is 4.79 Å². The van der Waals surface area contributed by atoms with Gasteiger partial charge in [0.1, 0.15) is 5.56 Å².